The molecule has 4 aliphatic rings. The van der Waals surface area contributed by atoms with Crippen LogP contribution in [0.1, 0.15) is 79.4 Å². The molecule has 4 heterocycles. The van der Waals surface area contributed by atoms with E-state index in [2.05, 4.69) is 78.4 Å². The van der Waals surface area contributed by atoms with Crippen LogP contribution in [-0.4, -0.2) is 81.7 Å². The van der Waals surface area contributed by atoms with Gasteiger partial charge in [-0.3, -0.25) is 9.80 Å². The van der Waals surface area contributed by atoms with Crippen LogP contribution in [0, 0.1) is 11.8 Å². The Bertz CT molecular complexity index is 1730. The molecule has 0 unspecified atom stereocenters. The van der Waals surface area contributed by atoms with Gasteiger partial charge in [-0.15, -0.1) is 13.2 Å². The van der Waals surface area contributed by atoms with Gasteiger partial charge in [0.05, 0.1) is 47.3 Å². The summed E-state index contributed by atoms with van der Waals surface area (Å²) in [5, 5.41) is 10.6. The first-order chi connectivity index (χ1) is 25.6. The first kappa shape index (κ1) is 38.9. The lowest BCUT2D eigenvalue weighted by molar-refractivity contribution is -0.0656. The standard InChI is InChI=1S/C26H33NO3.C19H27NO3/c1-18(2)12-21-16-27-11-10-20-13-25(28-3)26(29-4)14-22(20)23(27)15-24(21)30-17-19-8-6-5-7-9-19;1-12(2)7-14-11-20-6-5-13-8-18(22-3)19(23-4)9-15(13)16(20)10-17(14)21/h5-9,13-14,21,23-24H,1,10-12,15-17H2,2-4H3;8-9,14,16-17,21H,1,5-7,10-11H2,2-4H3/t21-,23-,24+;14-,16-,17+/m00/s1. The van der Waals surface area contributed by atoms with E-state index >= 15 is 0 Å². The molecule has 4 aliphatic heterocycles. The molecule has 0 spiro atoms. The van der Waals surface area contributed by atoms with Crippen LogP contribution in [0.2, 0.25) is 0 Å². The maximum atomic E-state index is 10.6. The Morgan fingerprint density at radius 3 is 1.66 bits per heavy atom. The Balaban J connectivity index is 0.000000188. The number of allylic oxidation sites excluding steroid dienone is 2. The molecule has 8 nitrogen and oxygen atoms in total. The second-order valence-electron chi connectivity index (χ2n) is 15.5. The van der Waals surface area contributed by atoms with Crippen LogP contribution in [0.25, 0.3) is 0 Å². The van der Waals surface area contributed by atoms with Gasteiger partial charge in [0.25, 0.3) is 0 Å². The summed E-state index contributed by atoms with van der Waals surface area (Å²) in [5.74, 6) is 3.96. The molecular weight excluding hydrogens is 665 g/mol. The molecule has 8 heteroatoms. The van der Waals surface area contributed by atoms with Crippen molar-refractivity contribution >= 4 is 0 Å². The van der Waals surface area contributed by atoms with Gasteiger partial charge in [0.1, 0.15) is 0 Å². The minimum atomic E-state index is -0.271. The van der Waals surface area contributed by atoms with E-state index in [4.69, 9.17) is 23.7 Å². The fourth-order valence-corrected chi connectivity index (χ4v) is 9.10. The molecule has 0 bridgehead atoms. The molecule has 3 aromatic carbocycles. The Hall–Kier alpha value is -3.82. The SMILES string of the molecule is C=C(C)C[C@H]1CN2CCc3cc(OC)c(OC)cc3[C@@H]2C[C@H]1O.C=C(C)C[C@H]1CN2CCc3cc(OC)c(OC)cc3[C@@H]2C[C@H]1OCc1ccccc1. The van der Waals surface area contributed by atoms with Crippen LogP contribution >= 0.6 is 0 Å². The average Bonchev–Trinajstić information content (AvgIpc) is 3.16. The Labute approximate surface area is 317 Å². The van der Waals surface area contributed by atoms with Crippen LogP contribution in [0.3, 0.4) is 0 Å². The first-order valence-electron chi connectivity index (χ1n) is 19.2. The number of aliphatic hydroxyl groups excluding tert-OH is 1. The van der Waals surface area contributed by atoms with E-state index in [-0.39, 0.29) is 18.2 Å². The molecule has 0 aliphatic carbocycles. The summed E-state index contributed by atoms with van der Waals surface area (Å²) in [4.78, 5) is 5.14. The summed E-state index contributed by atoms with van der Waals surface area (Å²) in [7, 11) is 6.76. The predicted octanol–water partition coefficient (Wildman–Crippen LogP) is 8.12. The minimum Gasteiger partial charge on any atom is -0.493 e. The topological polar surface area (TPSA) is 72.9 Å². The third-order valence-electron chi connectivity index (χ3n) is 11.7. The van der Waals surface area contributed by atoms with Gasteiger partial charge in [0, 0.05) is 50.1 Å². The van der Waals surface area contributed by atoms with Crippen molar-refractivity contribution in [3.05, 3.63) is 107 Å². The number of piperidine rings is 2. The van der Waals surface area contributed by atoms with E-state index in [1.54, 1.807) is 28.4 Å². The Morgan fingerprint density at radius 2 is 1.15 bits per heavy atom. The lowest BCUT2D eigenvalue weighted by atomic mass is 9.79. The maximum absolute atomic E-state index is 10.6. The number of hydrogen-bond donors (Lipinski definition) is 1. The third-order valence-corrected chi connectivity index (χ3v) is 11.7. The van der Waals surface area contributed by atoms with Gasteiger partial charge in [-0.1, -0.05) is 41.5 Å². The highest BCUT2D eigenvalue weighted by atomic mass is 16.5. The van der Waals surface area contributed by atoms with Crippen molar-refractivity contribution in [2.45, 2.75) is 83.3 Å². The summed E-state index contributed by atoms with van der Waals surface area (Å²) in [6, 6.07) is 19.6. The summed E-state index contributed by atoms with van der Waals surface area (Å²) in [6.45, 7) is 17.1. The van der Waals surface area contributed by atoms with Crippen LogP contribution in [-0.2, 0) is 24.2 Å². The molecule has 3 aromatic rings. The normalized spacial score (nSPS) is 25.0. The van der Waals surface area contributed by atoms with E-state index < -0.39 is 0 Å². The van der Waals surface area contributed by atoms with Crippen molar-refractivity contribution in [1.29, 1.82) is 0 Å². The number of fused-ring (bicyclic) bond motifs is 6. The van der Waals surface area contributed by atoms with E-state index in [9.17, 15) is 5.11 Å². The zero-order chi connectivity index (χ0) is 37.6. The fourth-order valence-electron chi connectivity index (χ4n) is 9.10. The lowest BCUT2D eigenvalue weighted by Crippen LogP contribution is -2.48. The highest BCUT2D eigenvalue weighted by Crippen LogP contribution is 2.45. The number of hydrogen-bond acceptors (Lipinski definition) is 8. The van der Waals surface area contributed by atoms with E-state index in [1.807, 2.05) is 13.0 Å². The number of rotatable bonds is 11. The zero-order valence-electron chi connectivity index (χ0n) is 32.7. The van der Waals surface area contributed by atoms with Crippen molar-refractivity contribution in [1.82, 2.24) is 9.80 Å². The molecule has 2 fully saturated rings. The molecule has 1 N–H and O–H groups in total. The minimum absolute atomic E-state index is 0.210. The second-order valence-corrected chi connectivity index (χ2v) is 15.5. The highest BCUT2D eigenvalue weighted by Gasteiger charge is 2.41. The van der Waals surface area contributed by atoms with Gasteiger partial charge in [0.15, 0.2) is 23.0 Å². The predicted molar refractivity (Wildman–Crippen MR) is 211 cm³/mol. The van der Waals surface area contributed by atoms with Gasteiger partial charge in [-0.25, -0.2) is 0 Å². The van der Waals surface area contributed by atoms with Crippen molar-refractivity contribution in [2.24, 2.45) is 11.8 Å². The molecule has 286 valence electrons. The van der Waals surface area contributed by atoms with Crippen molar-refractivity contribution in [3.8, 4) is 23.0 Å². The van der Waals surface area contributed by atoms with Gasteiger partial charge in [-0.2, -0.15) is 0 Å². The smallest absolute Gasteiger partial charge is 0.161 e. The monoisotopic (exact) mass is 724 g/mol. The van der Waals surface area contributed by atoms with Crippen LogP contribution in [0.4, 0.5) is 0 Å². The second kappa shape index (κ2) is 17.5. The Kier molecular flexibility index (Phi) is 12.9. The molecule has 0 aromatic heterocycles. The van der Waals surface area contributed by atoms with Gasteiger partial charge in [-0.05, 0) is 104 Å². The molecule has 0 radical (unpaired) electrons. The number of nitrogens with zero attached hydrogens (tertiary/aromatic N) is 2. The van der Waals surface area contributed by atoms with Crippen molar-refractivity contribution in [3.63, 3.8) is 0 Å². The number of aliphatic hydroxyl groups is 1. The molecular formula is C45H60N2O6. The van der Waals surface area contributed by atoms with Gasteiger partial charge in [0.2, 0.25) is 0 Å². The van der Waals surface area contributed by atoms with Crippen LogP contribution < -0.4 is 18.9 Å². The Morgan fingerprint density at radius 1 is 0.679 bits per heavy atom. The molecule has 2 saturated heterocycles. The third kappa shape index (κ3) is 8.94. The number of ether oxygens (including phenoxy) is 5. The maximum Gasteiger partial charge on any atom is 0.161 e. The van der Waals surface area contributed by atoms with Gasteiger partial charge >= 0.3 is 0 Å². The quantitative estimate of drug-likeness (QED) is 0.199. The number of benzene rings is 3. The van der Waals surface area contributed by atoms with Crippen molar-refractivity contribution < 1.29 is 28.8 Å². The van der Waals surface area contributed by atoms with Crippen LogP contribution in [0.15, 0.2) is 78.9 Å². The lowest BCUT2D eigenvalue weighted by Gasteiger charge is -2.47. The van der Waals surface area contributed by atoms with E-state index in [0.29, 0.717) is 24.5 Å². The molecule has 0 amide bonds. The molecule has 0 saturated carbocycles. The average molecular weight is 725 g/mol. The molecule has 6 atom stereocenters. The van der Waals surface area contributed by atoms with Crippen LogP contribution in [0.5, 0.6) is 23.0 Å². The largest absolute Gasteiger partial charge is 0.493 e. The zero-order valence-corrected chi connectivity index (χ0v) is 32.7. The fraction of sp³-hybridized carbons (Fsp3) is 0.511. The van der Waals surface area contributed by atoms with Crippen molar-refractivity contribution in [2.75, 3.05) is 54.6 Å². The first-order valence-corrected chi connectivity index (χ1v) is 19.2. The molecule has 7 rings (SSSR count). The molecule has 53 heavy (non-hydrogen) atoms. The number of methoxy groups -OCH3 is 4. The van der Waals surface area contributed by atoms with E-state index in [0.717, 1.165) is 93.3 Å². The van der Waals surface area contributed by atoms with E-state index in [1.165, 1.54) is 33.4 Å². The summed E-state index contributed by atoms with van der Waals surface area (Å²) in [5.41, 5.74) is 8.93. The summed E-state index contributed by atoms with van der Waals surface area (Å²) < 4.78 is 28.5. The van der Waals surface area contributed by atoms with Gasteiger partial charge < -0.3 is 28.8 Å². The summed E-state index contributed by atoms with van der Waals surface area (Å²) in [6.07, 6.45) is 5.69. The highest BCUT2D eigenvalue weighted by molar-refractivity contribution is 5.50. The summed E-state index contributed by atoms with van der Waals surface area (Å²) >= 11 is 0.